The molecule has 1 aliphatic rings. The van der Waals surface area contributed by atoms with Crippen LogP contribution in [0, 0.1) is 5.82 Å². The summed E-state index contributed by atoms with van der Waals surface area (Å²) in [4.78, 5) is 4.27. The molecule has 1 unspecified atom stereocenters. The summed E-state index contributed by atoms with van der Waals surface area (Å²) < 4.78 is 49.0. The number of ether oxygens (including phenoxy) is 1. The molecule has 1 saturated heterocycles. The normalized spacial score (nSPS) is 22.9. The van der Waals surface area contributed by atoms with E-state index in [0.29, 0.717) is 12.0 Å². The lowest BCUT2D eigenvalue weighted by Gasteiger charge is -2.39. The van der Waals surface area contributed by atoms with Crippen LogP contribution in [0.15, 0.2) is 58.0 Å². The molecular formula is C20H22BrFN2O3S. The average molecular weight is 469 g/mol. The molecule has 1 aliphatic heterocycles. The van der Waals surface area contributed by atoms with Crippen molar-refractivity contribution < 1.29 is 17.5 Å². The third kappa shape index (κ3) is 4.55. The molecular weight excluding hydrogens is 447 g/mol. The molecule has 0 amide bonds. The van der Waals surface area contributed by atoms with Crippen molar-refractivity contribution in [3.05, 3.63) is 69.9 Å². The van der Waals surface area contributed by atoms with Gasteiger partial charge in [-0.2, -0.15) is 0 Å². The fourth-order valence-electron chi connectivity index (χ4n) is 3.20. The van der Waals surface area contributed by atoms with Crippen LogP contribution < -0.4 is 4.72 Å². The van der Waals surface area contributed by atoms with Gasteiger partial charge in [0.2, 0.25) is 10.0 Å². The Morgan fingerprint density at radius 2 is 1.86 bits per heavy atom. The Morgan fingerprint density at radius 1 is 1.21 bits per heavy atom. The standard InChI is InChI=1S/C20H22BrFN2O3S/c1-13(16-6-4-5-7-17(16)22)23-19-24-28(25,26)18(20(2,3)27-19)12-14-8-10-15(21)11-9-14/h4-11,13,18H,12H2,1-3H3,(H,23,24)/t13-,18?/m0/s1. The SMILES string of the molecule is C[C@H](N=C1NS(=O)(=O)C(Cc2ccc(Br)cc2)C(C)(C)O1)c1ccccc1F. The molecule has 3 rings (SSSR count). The van der Waals surface area contributed by atoms with Crippen molar-refractivity contribution in [2.75, 3.05) is 0 Å². The highest BCUT2D eigenvalue weighted by molar-refractivity contribution is 9.10. The fourth-order valence-corrected chi connectivity index (χ4v) is 5.16. The number of rotatable bonds is 4. The van der Waals surface area contributed by atoms with E-state index in [0.717, 1.165) is 10.0 Å². The van der Waals surface area contributed by atoms with E-state index in [1.807, 2.05) is 24.3 Å². The maximum absolute atomic E-state index is 14.0. The van der Waals surface area contributed by atoms with Crippen LogP contribution in [0.4, 0.5) is 4.39 Å². The Labute approximate surface area is 173 Å². The molecule has 0 bridgehead atoms. The minimum atomic E-state index is -3.74. The minimum Gasteiger partial charge on any atom is -0.457 e. The number of nitrogens with one attached hydrogen (secondary N) is 1. The van der Waals surface area contributed by atoms with Crippen LogP contribution >= 0.6 is 15.9 Å². The van der Waals surface area contributed by atoms with Crippen molar-refractivity contribution in [2.45, 2.75) is 44.1 Å². The molecule has 2 aromatic carbocycles. The predicted octanol–water partition coefficient (Wildman–Crippen LogP) is 4.34. The summed E-state index contributed by atoms with van der Waals surface area (Å²) in [5.41, 5.74) is 0.244. The number of hydrogen-bond acceptors (Lipinski definition) is 4. The number of benzene rings is 2. The van der Waals surface area contributed by atoms with Crippen LogP contribution in [0.1, 0.15) is 37.9 Å². The first-order valence-electron chi connectivity index (χ1n) is 8.86. The maximum Gasteiger partial charge on any atom is 0.299 e. The molecule has 5 nitrogen and oxygen atoms in total. The van der Waals surface area contributed by atoms with Gasteiger partial charge in [0, 0.05) is 10.0 Å². The molecule has 0 aromatic heterocycles. The zero-order chi connectivity index (χ0) is 20.5. The van der Waals surface area contributed by atoms with E-state index < -0.39 is 32.7 Å². The Morgan fingerprint density at radius 3 is 2.46 bits per heavy atom. The highest BCUT2D eigenvalue weighted by Crippen LogP contribution is 2.30. The minimum absolute atomic E-state index is 0.118. The number of halogens is 2. The van der Waals surface area contributed by atoms with E-state index in [1.54, 1.807) is 39.0 Å². The average Bonchev–Trinajstić information content (AvgIpc) is 2.59. The van der Waals surface area contributed by atoms with E-state index >= 15 is 0 Å². The summed E-state index contributed by atoms with van der Waals surface area (Å²) in [6, 6.07) is 13.0. The second kappa shape index (κ2) is 7.83. The Balaban J connectivity index is 1.85. The zero-order valence-corrected chi connectivity index (χ0v) is 18.2. The van der Waals surface area contributed by atoms with Gasteiger partial charge >= 0.3 is 0 Å². The van der Waals surface area contributed by atoms with E-state index in [9.17, 15) is 12.8 Å². The van der Waals surface area contributed by atoms with Crippen LogP contribution in [0.5, 0.6) is 0 Å². The topological polar surface area (TPSA) is 67.8 Å². The van der Waals surface area contributed by atoms with Gasteiger partial charge in [-0.3, -0.25) is 0 Å². The van der Waals surface area contributed by atoms with Gasteiger partial charge in [-0.15, -0.1) is 0 Å². The quantitative estimate of drug-likeness (QED) is 0.725. The number of hydrogen-bond donors (Lipinski definition) is 1. The molecule has 1 N–H and O–H groups in total. The molecule has 0 saturated carbocycles. The van der Waals surface area contributed by atoms with Gasteiger partial charge in [-0.25, -0.2) is 22.5 Å². The van der Waals surface area contributed by atoms with Gasteiger partial charge in [0.25, 0.3) is 6.02 Å². The van der Waals surface area contributed by atoms with E-state index in [2.05, 4.69) is 25.6 Å². The third-order valence-electron chi connectivity index (χ3n) is 4.74. The van der Waals surface area contributed by atoms with Crippen LogP contribution in [0.2, 0.25) is 0 Å². The van der Waals surface area contributed by atoms with E-state index in [-0.39, 0.29) is 6.02 Å². The number of aliphatic imine (C=N–C) groups is 1. The smallest absolute Gasteiger partial charge is 0.299 e. The summed E-state index contributed by atoms with van der Waals surface area (Å²) in [6.07, 6.45) is 0.297. The predicted molar refractivity (Wildman–Crippen MR) is 111 cm³/mol. The van der Waals surface area contributed by atoms with Gasteiger partial charge in [0.15, 0.2) is 0 Å². The summed E-state index contributed by atoms with van der Waals surface area (Å²) in [7, 11) is -3.74. The van der Waals surface area contributed by atoms with E-state index in [4.69, 9.17) is 4.74 Å². The molecule has 0 radical (unpaired) electrons. The van der Waals surface area contributed by atoms with Crippen LogP contribution in [-0.4, -0.2) is 25.3 Å². The van der Waals surface area contributed by atoms with Crippen molar-refractivity contribution in [2.24, 2.45) is 4.99 Å². The van der Waals surface area contributed by atoms with Crippen molar-refractivity contribution in [1.29, 1.82) is 0 Å². The Kier molecular flexibility index (Phi) is 5.82. The lowest BCUT2D eigenvalue weighted by atomic mass is 9.97. The summed E-state index contributed by atoms with van der Waals surface area (Å²) in [6.45, 7) is 5.13. The third-order valence-corrected chi connectivity index (χ3v) is 7.21. The van der Waals surface area contributed by atoms with Crippen LogP contribution in [-0.2, 0) is 21.2 Å². The zero-order valence-electron chi connectivity index (χ0n) is 15.8. The summed E-state index contributed by atoms with van der Waals surface area (Å²) in [5.74, 6) is -0.398. The first kappa shape index (κ1) is 20.8. The van der Waals surface area contributed by atoms with Gasteiger partial charge in [-0.1, -0.05) is 46.3 Å². The van der Waals surface area contributed by atoms with Gasteiger partial charge < -0.3 is 4.74 Å². The van der Waals surface area contributed by atoms with Crippen molar-refractivity contribution in [3.63, 3.8) is 0 Å². The molecule has 2 atom stereocenters. The lowest BCUT2D eigenvalue weighted by molar-refractivity contribution is 0.0762. The maximum atomic E-state index is 14.0. The van der Waals surface area contributed by atoms with Gasteiger partial charge in [0.1, 0.15) is 16.7 Å². The fraction of sp³-hybridized carbons (Fsp3) is 0.350. The van der Waals surface area contributed by atoms with Gasteiger partial charge in [0.05, 0.1) is 6.04 Å². The Bertz CT molecular complexity index is 991. The van der Waals surface area contributed by atoms with Crippen molar-refractivity contribution in [3.8, 4) is 0 Å². The van der Waals surface area contributed by atoms with Gasteiger partial charge in [-0.05, 0) is 51.0 Å². The Hall–Kier alpha value is -1.93. The molecule has 150 valence electrons. The monoisotopic (exact) mass is 468 g/mol. The van der Waals surface area contributed by atoms with Crippen molar-refractivity contribution >= 4 is 32.0 Å². The summed E-state index contributed by atoms with van der Waals surface area (Å²) in [5, 5.41) is -0.802. The highest BCUT2D eigenvalue weighted by atomic mass is 79.9. The van der Waals surface area contributed by atoms with Crippen molar-refractivity contribution in [1.82, 2.24) is 4.72 Å². The molecule has 8 heteroatoms. The molecule has 1 heterocycles. The molecule has 28 heavy (non-hydrogen) atoms. The first-order valence-corrected chi connectivity index (χ1v) is 11.2. The molecule has 2 aromatic rings. The highest BCUT2D eigenvalue weighted by Gasteiger charge is 2.47. The molecule has 0 aliphatic carbocycles. The molecule has 0 spiro atoms. The lowest BCUT2D eigenvalue weighted by Crippen LogP contribution is -2.59. The number of nitrogens with zero attached hydrogens (tertiary/aromatic N) is 1. The van der Waals surface area contributed by atoms with E-state index in [1.165, 1.54) is 6.07 Å². The van der Waals surface area contributed by atoms with Crippen LogP contribution in [0.3, 0.4) is 0 Å². The second-order valence-corrected chi connectivity index (χ2v) is 10.1. The summed E-state index contributed by atoms with van der Waals surface area (Å²) >= 11 is 3.37. The number of amidine groups is 1. The van der Waals surface area contributed by atoms with Crippen LogP contribution in [0.25, 0.3) is 0 Å². The first-order chi connectivity index (χ1) is 13.1. The number of sulfonamides is 1. The largest absolute Gasteiger partial charge is 0.457 e. The molecule has 1 fully saturated rings. The second-order valence-electron chi connectivity index (χ2n) is 7.30.